The largest absolute Gasteiger partial charge is 0.269 e. The van der Waals surface area contributed by atoms with Gasteiger partial charge in [-0.15, -0.1) is 6.58 Å². The van der Waals surface area contributed by atoms with E-state index in [9.17, 15) is 22.9 Å². The average Bonchev–Trinajstić information content (AvgIpc) is 2.52. The summed E-state index contributed by atoms with van der Waals surface area (Å²) in [7, 11) is -4.00. The fraction of sp³-hybridized carbons (Fsp3) is 0.0667. The van der Waals surface area contributed by atoms with Crippen LogP contribution in [0, 0.1) is 15.9 Å². The van der Waals surface area contributed by atoms with Crippen LogP contribution in [0.5, 0.6) is 0 Å². The molecule has 120 valence electrons. The molecule has 2 aromatic rings. The summed E-state index contributed by atoms with van der Waals surface area (Å²) in [5.41, 5.74) is -0.0757. The molecule has 0 aliphatic rings. The van der Waals surface area contributed by atoms with Crippen molar-refractivity contribution in [2.45, 2.75) is 4.90 Å². The van der Waals surface area contributed by atoms with E-state index >= 15 is 0 Å². The zero-order valence-electron chi connectivity index (χ0n) is 11.9. The molecule has 0 atom stereocenters. The third-order valence-electron chi connectivity index (χ3n) is 3.03. The van der Waals surface area contributed by atoms with E-state index in [0.29, 0.717) is 0 Å². The van der Waals surface area contributed by atoms with Gasteiger partial charge in [0.2, 0.25) is 0 Å². The molecule has 0 unspecified atom stereocenters. The van der Waals surface area contributed by atoms with Crippen LogP contribution in [-0.2, 0) is 10.0 Å². The average molecular weight is 336 g/mol. The minimum Gasteiger partial charge on any atom is -0.262 e. The van der Waals surface area contributed by atoms with Gasteiger partial charge in [0.1, 0.15) is 5.82 Å². The molecule has 0 aromatic heterocycles. The fourth-order valence-corrected chi connectivity index (χ4v) is 3.39. The van der Waals surface area contributed by atoms with Gasteiger partial charge in [0, 0.05) is 12.1 Å². The van der Waals surface area contributed by atoms with E-state index in [1.54, 1.807) is 0 Å². The Morgan fingerprint density at radius 1 is 1.22 bits per heavy atom. The normalized spacial score (nSPS) is 11.0. The molecule has 0 heterocycles. The lowest BCUT2D eigenvalue weighted by atomic mass is 10.3. The SMILES string of the molecule is C=CCN(c1cccc(F)c1)S(=O)(=O)c1ccc([N+](=O)[O-])cc1. The number of halogens is 1. The van der Waals surface area contributed by atoms with Crippen molar-refractivity contribution in [3.8, 4) is 0 Å². The van der Waals surface area contributed by atoms with E-state index in [2.05, 4.69) is 6.58 Å². The number of nitro groups is 1. The second-order valence-electron chi connectivity index (χ2n) is 4.56. The topological polar surface area (TPSA) is 80.5 Å². The molecule has 0 bridgehead atoms. The smallest absolute Gasteiger partial charge is 0.262 e. The Bertz CT molecular complexity index is 835. The minimum atomic E-state index is -4.00. The van der Waals surface area contributed by atoms with Gasteiger partial charge < -0.3 is 0 Å². The zero-order chi connectivity index (χ0) is 17.0. The minimum absolute atomic E-state index is 0.0667. The van der Waals surface area contributed by atoms with Crippen LogP contribution in [-0.4, -0.2) is 19.9 Å². The first-order valence-electron chi connectivity index (χ1n) is 6.50. The lowest BCUT2D eigenvalue weighted by molar-refractivity contribution is -0.384. The predicted octanol–water partition coefficient (Wildman–Crippen LogP) is 3.12. The molecule has 0 aliphatic carbocycles. The molecule has 0 amide bonds. The van der Waals surface area contributed by atoms with Crippen molar-refractivity contribution in [3.63, 3.8) is 0 Å². The molecule has 0 radical (unpaired) electrons. The summed E-state index contributed by atoms with van der Waals surface area (Å²) >= 11 is 0. The van der Waals surface area contributed by atoms with Crippen LogP contribution in [0.3, 0.4) is 0 Å². The van der Waals surface area contributed by atoms with Gasteiger partial charge in [0.25, 0.3) is 15.7 Å². The Labute approximate surface area is 132 Å². The zero-order valence-corrected chi connectivity index (χ0v) is 12.7. The van der Waals surface area contributed by atoms with E-state index in [1.807, 2.05) is 0 Å². The summed E-state index contributed by atoms with van der Waals surface area (Å²) in [6.07, 6.45) is 1.37. The molecule has 0 saturated carbocycles. The Kier molecular flexibility index (Phi) is 4.75. The van der Waals surface area contributed by atoms with Gasteiger partial charge in [-0.25, -0.2) is 12.8 Å². The summed E-state index contributed by atoms with van der Waals surface area (Å²) in [6.45, 7) is 3.44. The summed E-state index contributed by atoms with van der Waals surface area (Å²) in [5.74, 6) is -0.574. The number of anilines is 1. The van der Waals surface area contributed by atoms with Gasteiger partial charge in [0.15, 0.2) is 0 Å². The summed E-state index contributed by atoms with van der Waals surface area (Å²) in [5, 5.41) is 10.6. The molecule has 2 aromatic carbocycles. The highest BCUT2D eigenvalue weighted by Gasteiger charge is 2.25. The summed E-state index contributed by atoms with van der Waals surface area (Å²) < 4.78 is 39.8. The van der Waals surface area contributed by atoms with Crippen molar-refractivity contribution in [2.75, 3.05) is 10.8 Å². The Balaban J connectivity index is 2.48. The van der Waals surface area contributed by atoms with Gasteiger partial charge in [-0.05, 0) is 30.3 Å². The third kappa shape index (κ3) is 3.54. The maximum Gasteiger partial charge on any atom is 0.269 e. The molecule has 0 spiro atoms. The number of rotatable bonds is 6. The number of non-ortho nitro benzene ring substituents is 1. The first kappa shape index (κ1) is 16.6. The van der Waals surface area contributed by atoms with Gasteiger partial charge in [0.05, 0.1) is 22.1 Å². The van der Waals surface area contributed by atoms with Crippen LogP contribution in [0.15, 0.2) is 66.1 Å². The second-order valence-corrected chi connectivity index (χ2v) is 6.42. The fourth-order valence-electron chi connectivity index (χ4n) is 1.96. The molecular formula is C15H13FN2O4S. The summed E-state index contributed by atoms with van der Waals surface area (Å²) in [4.78, 5) is 9.90. The van der Waals surface area contributed by atoms with Gasteiger partial charge >= 0.3 is 0 Å². The van der Waals surface area contributed by atoms with Crippen molar-refractivity contribution in [3.05, 3.63) is 77.1 Å². The lowest BCUT2D eigenvalue weighted by Gasteiger charge is -2.23. The Hall–Kier alpha value is -2.74. The first-order chi connectivity index (χ1) is 10.9. The molecular weight excluding hydrogens is 323 g/mol. The Morgan fingerprint density at radius 3 is 2.39 bits per heavy atom. The lowest BCUT2D eigenvalue weighted by Crippen LogP contribution is -2.31. The van der Waals surface area contributed by atoms with E-state index in [4.69, 9.17) is 0 Å². The highest BCUT2D eigenvalue weighted by molar-refractivity contribution is 7.92. The number of nitrogens with zero attached hydrogens (tertiary/aromatic N) is 2. The van der Waals surface area contributed by atoms with Crippen LogP contribution >= 0.6 is 0 Å². The van der Waals surface area contributed by atoms with Crippen LogP contribution in [0.1, 0.15) is 0 Å². The summed E-state index contributed by atoms with van der Waals surface area (Å²) in [6, 6.07) is 9.63. The number of benzene rings is 2. The molecule has 2 rings (SSSR count). The quantitative estimate of drug-likeness (QED) is 0.461. The first-order valence-corrected chi connectivity index (χ1v) is 7.94. The van der Waals surface area contributed by atoms with Crippen LogP contribution in [0.25, 0.3) is 0 Å². The van der Waals surface area contributed by atoms with E-state index in [0.717, 1.165) is 34.6 Å². The monoisotopic (exact) mass is 336 g/mol. The predicted molar refractivity (Wildman–Crippen MR) is 84.2 cm³/mol. The standard InChI is InChI=1S/C15H13FN2O4S/c1-2-10-17(14-5-3-4-12(16)11-14)23(21,22)15-8-6-13(7-9-15)18(19)20/h2-9,11H,1,10H2. The molecule has 6 nitrogen and oxygen atoms in total. The molecule has 0 fully saturated rings. The Morgan fingerprint density at radius 2 is 1.87 bits per heavy atom. The maximum absolute atomic E-state index is 13.4. The van der Waals surface area contributed by atoms with Gasteiger partial charge in [-0.1, -0.05) is 12.1 Å². The van der Waals surface area contributed by atoms with Crippen LogP contribution in [0.2, 0.25) is 0 Å². The molecule has 0 aliphatic heterocycles. The van der Waals surface area contributed by atoms with Gasteiger partial charge in [-0.3, -0.25) is 14.4 Å². The van der Waals surface area contributed by atoms with Crippen molar-refractivity contribution in [2.24, 2.45) is 0 Å². The molecule has 0 N–H and O–H groups in total. The maximum atomic E-state index is 13.4. The van der Waals surface area contributed by atoms with Crippen molar-refractivity contribution >= 4 is 21.4 Å². The van der Waals surface area contributed by atoms with Crippen molar-refractivity contribution in [1.82, 2.24) is 0 Å². The van der Waals surface area contributed by atoms with Crippen LogP contribution in [0.4, 0.5) is 15.8 Å². The highest BCUT2D eigenvalue weighted by Crippen LogP contribution is 2.25. The van der Waals surface area contributed by atoms with E-state index in [1.165, 1.54) is 24.3 Å². The molecule has 0 saturated heterocycles. The van der Waals surface area contributed by atoms with Crippen LogP contribution < -0.4 is 4.31 Å². The number of hydrogen-bond donors (Lipinski definition) is 0. The van der Waals surface area contributed by atoms with Gasteiger partial charge in [-0.2, -0.15) is 0 Å². The second kappa shape index (κ2) is 6.57. The molecule has 8 heteroatoms. The third-order valence-corrected chi connectivity index (χ3v) is 4.83. The van der Waals surface area contributed by atoms with E-state index in [-0.39, 0.29) is 22.8 Å². The number of sulfonamides is 1. The molecule has 23 heavy (non-hydrogen) atoms. The number of nitro benzene ring substituents is 1. The van der Waals surface area contributed by atoms with Crippen molar-refractivity contribution in [1.29, 1.82) is 0 Å². The highest BCUT2D eigenvalue weighted by atomic mass is 32.2. The van der Waals surface area contributed by atoms with Crippen molar-refractivity contribution < 1.29 is 17.7 Å². The van der Waals surface area contributed by atoms with E-state index < -0.39 is 20.8 Å². The number of hydrogen-bond acceptors (Lipinski definition) is 4.